The van der Waals surface area contributed by atoms with Crippen LogP contribution in [0, 0.1) is 13.8 Å². The molecule has 0 radical (unpaired) electrons. The van der Waals surface area contributed by atoms with Gasteiger partial charge in [0.2, 0.25) is 0 Å². The zero-order valence-corrected chi connectivity index (χ0v) is 9.27. The summed E-state index contributed by atoms with van der Waals surface area (Å²) < 4.78 is 1.84. The summed E-state index contributed by atoms with van der Waals surface area (Å²) in [6, 6.07) is 1.95. The molecule has 1 N–H and O–H groups in total. The van der Waals surface area contributed by atoms with Gasteiger partial charge in [-0.05, 0) is 25.5 Å². The topological polar surface area (TPSA) is 68.0 Å². The predicted molar refractivity (Wildman–Crippen MR) is 59.3 cm³/mol. The van der Waals surface area contributed by atoms with Crippen LogP contribution in [0.5, 0.6) is 0 Å². The first-order chi connectivity index (χ1) is 7.58. The summed E-state index contributed by atoms with van der Waals surface area (Å²) in [7, 11) is 0. The molecule has 0 fully saturated rings. The molecule has 16 heavy (non-hydrogen) atoms. The van der Waals surface area contributed by atoms with Crippen LogP contribution in [0.4, 0.5) is 0 Å². The number of pyridine rings is 1. The number of nitrogens with zero attached hydrogens (tertiary/aromatic N) is 3. The van der Waals surface area contributed by atoms with E-state index in [2.05, 4.69) is 9.97 Å². The lowest BCUT2D eigenvalue weighted by Crippen LogP contribution is -2.06. The highest BCUT2D eigenvalue weighted by Crippen LogP contribution is 2.15. The number of carbonyl (C=O) groups is 1. The molecule has 0 amide bonds. The van der Waals surface area contributed by atoms with Crippen molar-refractivity contribution in [2.75, 3.05) is 0 Å². The number of fused-ring (bicyclic) bond motifs is 1. The van der Waals surface area contributed by atoms with Crippen molar-refractivity contribution in [3.63, 3.8) is 0 Å². The molecule has 0 aliphatic carbocycles. The maximum Gasteiger partial charge on any atom is 0.305 e. The largest absolute Gasteiger partial charge is 0.481 e. The molecule has 0 aromatic carbocycles. The third-order valence-electron chi connectivity index (χ3n) is 2.46. The van der Waals surface area contributed by atoms with Crippen LogP contribution >= 0.6 is 0 Å². The molecule has 0 atom stereocenters. The monoisotopic (exact) mass is 219 g/mol. The maximum atomic E-state index is 10.5. The van der Waals surface area contributed by atoms with Gasteiger partial charge in [0.1, 0.15) is 11.3 Å². The number of imidazole rings is 1. The van der Waals surface area contributed by atoms with Gasteiger partial charge in [0.15, 0.2) is 5.65 Å². The van der Waals surface area contributed by atoms with E-state index >= 15 is 0 Å². The van der Waals surface area contributed by atoms with Crippen LogP contribution in [0.3, 0.4) is 0 Å². The smallest absolute Gasteiger partial charge is 0.305 e. The van der Waals surface area contributed by atoms with E-state index < -0.39 is 5.97 Å². The van der Waals surface area contributed by atoms with Gasteiger partial charge in [-0.1, -0.05) is 0 Å². The van der Waals surface area contributed by atoms with Crippen molar-refractivity contribution >= 4 is 17.1 Å². The zero-order chi connectivity index (χ0) is 11.7. The highest BCUT2D eigenvalue weighted by atomic mass is 16.4. The maximum absolute atomic E-state index is 10.5. The van der Waals surface area contributed by atoms with Gasteiger partial charge in [-0.25, -0.2) is 9.97 Å². The number of hydrogen-bond acceptors (Lipinski definition) is 3. The van der Waals surface area contributed by atoms with Crippen LogP contribution in [0.25, 0.3) is 11.2 Å². The molecule has 5 heteroatoms. The second-order valence-corrected chi connectivity index (χ2v) is 3.81. The SMILES string of the molecule is Cc1cnc2c(c1)nc(C)n2CCC(=O)O. The summed E-state index contributed by atoms with van der Waals surface area (Å²) in [5.74, 6) is -0.0114. The highest BCUT2D eigenvalue weighted by Gasteiger charge is 2.09. The molecule has 0 unspecified atom stereocenters. The lowest BCUT2D eigenvalue weighted by atomic mass is 10.3. The molecule has 0 aliphatic rings. The van der Waals surface area contributed by atoms with Crippen molar-refractivity contribution < 1.29 is 9.90 Å². The molecule has 0 saturated heterocycles. The Kier molecular flexibility index (Phi) is 2.60. The van der Waals surface area contributed by atoms with Crippen LogP contribution in [0.15, 0.2) is 12.3 Å². The fourth-order valence-electron chi connectivity index (χ4n) is 1.70. The van der Waals surface area contributed by atoms with Gasteiger partial charge in [0.05, 0.1) is 6.42 Å². The lowest BCUT2D eigenvalue weighted by Gasteiger charge is -2.03. The third-order valence-corrected chi connectivity index (χ3v) is 2.46. The van der Waals surface area contributed by atoms with Crippen molar-refractivity contribution in [3.05, 3.63) is 23.7 Å². The Labute approximate surface area is 92.8 Å². The minimum absolute atomic E-state index is 0.0852. The van der Waals surface area contributed by atoms with Crippen LogP contribution in [-0.2, 0) is 11.3 Å². The van der Waals surface area contributed by atoms with Gasteiger partial charge in [0, 0.05) is 12.7 Å². The van der Waals surface area contributed by atoms with E-state index in [1.165, 1.54) is 0 Å². The highest BCUT2D eigenvalue weighted by molar-refractivity contribution is 5.72. The van der Waals surface area contributed by atoms with Gasteiger partial charge in [0.25, 0.3) is 0 Å². The van der Waals surface area contributed by atoms with Gasteiger partial charge in [-0.15, -0.1) is 0 Å². The summed E-state index contributed by atoms with van der Waals surface area (Å²) in [4.78, 5) is 19.2. The Bertz CT molecular complexity index is 545. The van der Waals surface area contributed by atoms with Crippen molar-refractivity contribution in [1.82, 2.24) is 14.5 Å². The molecule has 0 aliphatic heterocycles. The predicted octanol–water partition coefficient (Wildman–Crippen LogP) is 1.52. The number of aromatic nitrogens is 3. The van der Waals surface area contributed by atoms with Crippen LogP contribution < -0.4 is 0 Å². The second kappa shape index (κ2) is 3.92. The van der Waals surface area contributed by atoms with Gasteiger partial charge < -0.3 is 9.67 Å². The minimum Gasteiger partial charge on any atom is -0.481 e. The Morgan fingerprint density at radius 1 is 1.50 bits per heavy atom. The van der Waals surface area contributed by atoms with Crippen molar-refractivity contribution in [2.24, 2.45) is 0 Å². The number of hydrogen-bond donors (Lipinski definition) is 1. The average molecular weight is 219 g/mol. The molecule has 0 bridgehead atoms. The average Bonchev–Trinajstić information content (AvgIpc) is 2.50. The molecule has 0 spiro atoms. The Morgan fingerprint density at radius 2 is 2.25 bits per heavy atom. The quantitative estimate of drug-likeness (QED) is 0.849. The first-order valence-electron chi connectivity index (χ1n) is 5.09. The second-order valence-electron chi connectivity index (χ2n) is 3.81. The Balaban J connectivity index is 2.43. The van der Waals surface area contributed by atoms with E-state index in [-0.39, 0.29) is 6.42 Å². The van der Waals surface area contributed by atoms with Crippen molar-refractivity contribution in [1.29, 1.82) is 0 Å². The standard InChI is InChI=1S/C11H13N3O2/c1-7-5-9-11(12-6-7)14(8(2)13-9)4-3-10(15)16/h5-6H,3-4H2,1-2H3,(H,15,16). The first-order valence-corrected chi connectivity index (χ1v) is 5.09. The normalized spacial score (nSPS) is 10.9. The fourth-order valence-corrected chi connectivity index (χ4v) is 1.70. The fraction of sp³-hybridized carbons (Fsp3) is 0.364. The van der Waals surface area contributed by atoms with Crippen LogP contribution in [-0.4, -0.2) is 25.6 Å². The molecule has 2 heterocycles. The number of carboxylic acid groups (broad SMARTS) is 1. The van der Waals surface area contributed by atoms with E-state index in [1.54, 1.807) is 6.20 Å². The molecule has 0 saturated carbocycles. The lowest BCUT2D eigenvalue weighted by molar-refractivity contribution is -0.137. The van der Waals surface area contributed by atoms with Gasteiger partial charge in [-0.2, -0.15) is 0 Å². The summed E-state index contributed by atoms with van der Waals surface area (Å²) in [6.07, 6.45) is 1.85. The third kappa shape index (κ3) is 1.88. The summed E-state index contributed by atoms with van der Waals surface area (Å²) in [5, 5.41) is 8.67. The molecule has 5 nitrogen and oxygen atoms in total. The summed E-state index contributed by atoms with van der Waals surface area (Å²) in [5.41, 5.74) is 2.63. The molecule has 84 valence electrons. The molecule has 2 aromatic heterocycles. The summed E-state index contributed by atoms with van der Waals surface area (Å²) in [6.45, 7) is 4.23. The van der Waals surface area contributed by atoms with E-state index in [0.29, 0.717) is 6.54 Å². The number of rotatable bonds is 3. The zero-order valence-electron chi connectivity index (χ0n) is 9.27. The molecular weight excluding hydrogens is 206 g/mol. The first kappa shape index (κ1) is 10.6. The molecule has 2 aromatic rings. The van der Waals surface area contributed by atoms with E-state index in [4.69, 9.17) is 5.11 Å². The van der Waals surface area contributed by atoms with E-state index in [0.717, 1.165) is 22.6 Å². The summed E-state index contributed by atoms with van der Waals surface area (Å²) >= 11 is 0. The minimum atomic E-state index is -0.812. The van der Waals surface area contributed by atoms with Crippen LogP contribution in [0.2, 0.25) is 0 Å². The number of aliphatic carboxylic acids is 1. The molecular formula is C11H13N3O2. The number of carboxylic acids is 1. The Hall–Kier alpha value is -1.91. The van der Waals surface area contributed by atoms with E-state index in [9.17, 15) is 4.79 Å². The van der Waals surface area contributed by atoms with Gasteiger partial charge >= 0.3 is 5.97 Å². The van der Waals surface area contributed by atoms with Crippen LogP contribution in [0.1, 0.15) is 17.8 Å². The van der Waals surface area contributed by atoms with Gasteiger partial charge in [-0.3, -0.25) is 4.79 Å². The Morgan fingerprint density at radius 3 is 2.94 bits per heavy atom. The van der Waals surface area contributed by atoms with Crippen molar-refractivity contribution in [2.45, 2.75) is 26.8 Å². The number of aryl methyl sites for hydroxylation is 3. The van der Waals surface area contributed by atoms with Crippen molar-refractivity contribution in [3.8, 4) is 0 Å². The van der Waals surface area contributed by atoms with E-state index in [1.807, 2.05) is 24.5 Å². The molecule has 2 rings (SSSR count).